The largest absolute Gasteiger partial charge is 0.461 e. The van der Waals surface area contributed by atoms with Crippen LogP contribution in [0.5, 0.6) is 5.75 Å². The maximum Gasteiger partial charge on any atom is 0.417 e. The van der Waals surface area contributed by atoms with Gasteiger partial charge in [0.25, 0.3) is 0 Å². The highest BCUT2D eigenvalue weighted by Crippen LogP contribution is 2.34. The predicted octanol–water partition coefficient (Wildman–Crippen LogP) is 3.77. The molecule has 0 fully saturated rings. The van der Waals surface area contributed by atoms with Crippen molar-refractivity contribution in [2.24, 2.45) is 5.92 Å². The lowest BCUT2D eigenvalue weighted by Crippen LogP contribution is -2.25. The molecule has 0 aliphatic heterocycles. The summed E-state index contributed by atoms with van der Waals surface area (Å²) in [5.74, 6) is -3.29. The van der Waals surface area contributed by atoms with Crippen LogP contribution in [0.1, 0.15) is 31.3 Å². The fourth-order valence-electron chi connectivity index (χ4n) is 3.08. The second-order valence-corrected chi connectivity index (χ2v) is 6.06. The van der Waals surface area contributed by atoms with E-state index >= 15 is 0 Å². The van der Waals surface area contributed by atoms with Crippen LogP contribution in [0.2, 0.25) is 0 Å². The maximum atomic E-state index is 12.8. The third-order valence-electron chi connectivity index (χ3n) is 4.32. The molecule has 2 aromatic carbocycles. The number of ketones is 3. The number of furan rings is 1. The molecule has 1 unspecified atom stereocenters. The molecule has 0 radical (unpaired) electrons. The lowest BCUT2D eigenvalue weighted by atomic mass is 9.97. The number of para-hydroxylation sites is 1. The van der Waals surface area contributed by atoms with Gasteiger partial charge in [-0.05, 0) is 30.3 Å². The maximum absolute atomic E-state index is 12.8. The first-order chi connectivity index (χ1) is 13.6. The first-order valence-corrected chi connectivity index (χ1v) is 8.39. The Morgan fingerprint density at radius 2 is 1.68 bits per heavy atom. The summed E-state index contributed by atoms with van der Waals surface area (Å²) in [6.07, 6.45) is 0.470. The Bertz CT molecular complexity index is 1090. The van der Waals surface area contributed by atoms with Gasteiger partial charge in [0, 0.05) is 5.56 Å². The molecule has 1 aliphatic carbocycles. The number of amides is 1. The predicted molar refractivity (Wildman–Crippen MR) is 97.7 cm³/mol. The summed E-state index contributed by atoms with van der Waals surface area (Å²) in [6, 6.07) is 15.7. The van der Waals surface area contributed by atoms with E-state index in [1.54, 1.807) is 30.3 Å². The Morgan fingerprint density at radius 3 is 2.39 bits per heavy atom. The fourth-order valence-corrected chi connectivity index (χ4v) is 3.08. The number of benzene rings is 2. The van der Waals surface area contributed by atoms with Crippen molar-refractivity contribution in [1.29, 1.82) is 0 Å². The summed E-state index contributed by atoms with van der Waals surface area (Å²) < 4.78 is 10.2. The van der Waals surface area contributed by atoms with Crippen molar-refractivity contribution in [2.45, 2.75) is 0 Å². The molecule has 138 valence electrons. The Labute approximate surface area is 158 Å². The highest BCUT2D eigenvalue weighted by molar-refractivity contribution is 6.39. The Morgan fingerprint density at radius 1 is 0.893 bits per heavy atom. The molecule has 1 N–H and O–H groups in total. The summed E-state index contributed by atoms with van der Waals surface area (Å²) >= 11 is 0. The third kappa shape index (κ3) is 2.99. The number of rotatable bonds is 4. The van der Waals surface area contributed by atoms with Crippen molar-refractivity contribution in [3.8, 4) is 5.75 Å². The number of hydrogen-bond donors (Lipinski definition) is 1. The Balaban J connectivity index is 1.61. The van der Waals surface area contributed by atoms with Crippen LogP contribution in [0, 0.1) is 5.92 Å². The van der Waals surface area contributed by atoms with Crippen molar-refractivity contribution >= 4 is 29.1 Å². The van der Waals surface area contributed by atoms with Crippen LogP contribution in [-0.2, 0) is 0 Å². The zero-order valence-corrected chi connectivity index (χ0v) is 14.4. The van der Waals surface area contributed by atoms with Gasteiger partial charge in [-0.3, -0.25) is 19.7 Å². The molecule has 3 aromatic rings. The number of hydrogen-bond acceptors (Lipinski definition) is 6. The van der Waals surface area contributed by atoms with E-state index in [2.05, 4.69) is 5.32 Å². The molecule has 1 amide bonds. The lowest BCUT2D eigenvalue weighted by molar-refractivity contribution is 0.0743. The zero-order chi connectivity index (χ0) is 19.7. The molecule has 4 rings (SSSR count). The van der Waals surface area contributed by atoms with E-state index < -0.39 is 29.4 Å². The molecule has 0 saturated heterocycles. The van der Waals surface area contributed by atoms with Gasteiger partial charge in [0.2, 0.25) is 5.78 Å². The topological polar surface area (TPSA) is 103 Å². The van der Waals surface area contributed by atoms with E-state index in [9.17, 15) is 19.2 Å². The first kappa shape index (κ1) is 17.4. The van der Waals surface area contributed by atoms with Gasteiger partial charge in [0.15, 0.2) is 23.2 Å². The zero-order valence-electron chi connectivity index (χ0n) is 14.4. The van der Waals surface area contributed by atoms with Gasteiger partial charge in [0.05, 0.1) is 17.5 Å². The van der Waals surface area contributed by atoms with Gasteiger partial charge in [-0.15, -0.1) is 0 Å². The van der Waals surface area contributed by atoms with E-state index in [-0.39, 0.29) is 22.6 Å². The first-order valence-electron chi connectivity index (χ1n) is 8.39. The number of ether oxygens (including phenoxy) is 1. The second-order valence-electron chi connectivity index (χ2n) is 6.06. The third-order valence-corrected chi connectivity index (χ3v) is 4.32. The van der Waals surface area contributed by atoms with Crippen molar-refractivity contribution < 1.29 is 28.3 Å². The van der Waals surface area contributed by atoms with Crippen LogP contribution < -0.4 is 10.1 Å². The number of nitrogens with one attached hydrogen (secondary N) is 1. The van der Waals surface area contributed by atoms with E-state index in [4.69, 9.17) is 9.15 Å². The quantitative estimate of drug-likeness (QED) is 0.550. The van der Waals surface area contributed by atoms with Crippen LogP contribution in [0.4, 0.5) is 10.5 Å². The van der Waals surface area contributed by atoms with Crippen molar-refractivity contribution in [2.75, 3.05) is 5.32 Å². The highest BCUT2D eigenvalue weighted by atomic mass is 16.6. The monoisotopic (exact) mass is 375 g/mol. The molecule has 0 saturated carbocycles. The van der Waals surface area contributed by atoms with Crippen LogP contribution in [0.25, 0.3) is 0 Å². The summed E-state index contributed by atoms with van der Waals surface area (Å²) in [7, 11) is 0. The molecule has 1 heterocycles. The molecule has 0 spiro atoms. The number of fused-ring (bicyclic) bond motifs is 1. The summed E-state index contributed by atoms with van der Waals surface area (Å²) in [5, 5.41) is 2.47. The smallest absolute Gasteiger partial charge is 0.417 e. The molecular formula is C21H13NO6. The molecule has 0 bridgehead atoms. The van der Waals surface area contributed by atoms with Crippen molar-refractivity contribution in [1.82, 2.24) is 0 Å². The number of carbonyl (C=O) groups is 4. The molecule has 1 atom stereocenters. The molecule has 1 aliphatic rings. The van der Waals surface area contributed by atoms with Crippen LogP contribution in [0.3, 0.4) is 0 Å². The minimum absolute atomic E-state index is 0.0117. The highest BCUT2D eigenvalue weighted by Gasteiger charge is 2.45. The molecule has 1 aromatic heterocycles. The van der Waals surface area contributed by atoms with Crippen LogP contribution >= 0.6 is 0 Å². The van der Waals surface area contributed by atoms with E-state index in [0.717, 1.165) is 0 Å². The average Bonchev–Trinajstić information content (AvgIpc) is 3.30. The van der Waals surface area contributed by atoms with Gasteiger partial charge in [-0.2, -0.15) is 0 Å². The number of anilines is 1. The number of Topliss-reactive ketones (excluding diaryl/α,β-unsaturated/α-hetero) is 3. The van der Waals surface area contributed by atoms with Gasteiger partial charge >= 0.3 is 6.09 Å². The molecule has 7 heteroatoms. The second kappa shape index (κ2) is 6.96. The summed E-state index contributed by atoms with van der Waals surface area (Å²) in [5.41, 5.74) is 0.168. The molecule has 28 heavy (non-hydrogen) atoms. The van der Waals surface area contributed by atoms with E-state index in [1.807, 2.05) is 0 Å². The minimum atomic E-state index is -1.52. The Kier molecular flexibility index (Phi) is 4.33. The van der Waals surface area contributed by atoms with Crippen molar-refractivity contribution in [3.05, 3.63) is 83.8 Å². The van der Waals surface area contributed by atoms with Crippen LogP contribution in [0.15, 0.2) is 71.3 Å². The molecule has 7 nitrogen and oxygen atoms in total. The average molecular weight is 375 g/mol. The summed E-state index contributed by atoms with van der Waals surface area (Å²) in [4.78, 5) is 50.2. The Hall–Kier alpha value is -4.00. The molecular weight excluding hydrogens is 362 g/mol. The van der Waals surface area contributed by atoms with Gasteiger partial charge in [0.1, 0.15) is 5.75 Å². The van der Waals surface area contributed by atoms with Gasteiger partial charge in [-0.1, -0.05) is 30.3 Å². The van der Waals surface area contributed by atoms with E-state index in [1.165, 1.54) is 36.6 Å². The minimum Gasteiger partial charge on any atom is -0.461 e. The van der Waals surface area contributed by atoms with E-state index in [0.29, 0.717) is 5.75 Å². The van der Waals surface area contributed by atoms with Gasteiger partial charge in [-0.25, -0.2) is 4.79 Å². The normalized spacial score (nSPS) is 15.2. The standard InChI is InChI=1S/C21H13NO6/c23-18-13-8-4-9-14(22-21(26)28-12-6-2-1-3-7-12)16(13)20(25)17(18)19(24)15-10-5-11-27-15/h1-11,17H,(H,22,26). The van der Waals surface area contributed by atoms with Crippen molar-refractivity contribution in [3.63, 3.8) is 0 Å². The summed E-state index contributed by atoms with van der Waals surface area (Å²) in [6.45, 7) is 0. The SMILES string of the molecule is O=C(Nc1cccc2c1C(=O)C(C(=O)c1ccco1)C2=O)Oc1ccccc1. The number of carbonyl (C=O) groups excluding carboxylic acids is 4. The fraction of sp³-hybridized carbons (Fsp3) is 0.0476. The van der Waals surface area contributed by atoms with Gasteiger partial charge < -0.3 is 9.15 Å². The lowest BCUT2D eigenvalue weighted by Gasteiger charge is -2.09. The van der Waals surface area contributed by atoms with Crippen LogP contribution in [-0.4, -0.2) is 23.4 Å².